The number of esters is 1. The number of ketones is 2. The monoisotopic (exact) mass is 230 g/mol. The highest BCUT2D eigenvalue weighted by atomic mass is 16.5. The van der Waals surface area contributed by atoms with E-state index >= 15 is 0 Å². The third-order valence-electron chi connectivity index (χ3n) is 2.45. The molecule has 0 amide bonds. The van der Waals surface area contributed by atoms with Crippen molar-refractivity contribution in [1.82, 2.24) is 0 Å². The van der Waals surface area contributed by atoms with Crippen LogP contribution in [0.3, 0.4) is 0 Å². The second-order valence-corrected chi connectivity index (χ2v) is 3.52. The maximum absolute atomic E-state index is 11.7. The maximum Gasteiger partial charge on any atom is 0.342 e. The van der Waals surface area contributed by atoms with Gasteiger partial charge < -0.3 is 4.74 Å². The van der Waals surface area contributed by atoms with Crippen LogP contribution in [-0.2, 0) is 14.3 Å². The maximum atomic E-state index is 11.7. The molecule has 0 saturated heterocycles. The Morgan fingerprint density at radius 1 is 1.18 bits per heavy atom. The third-order valence-corrected chi connectivity index (χ3v) is 2.45. The van der Waals surface area contributed by atoms with Crippen LogP contribution in [0.1, 0.15) is 22.8 Å². The molecule has 0 radical (unpaired) electrons. The van der Waals surface area contributed by atoms with Crippen LogP contribution < -0.4 is 0 Å². The Bertz CT molecular complexity index is 540. The smallest absolute Gasteiger partial charge is 0.342 e. The lowest BCUT2D eigenvalue weighted by Crippen LogP contribution is -2.26. The summed E-state index contributed by atoms with van der Waals surface area (Å²) in [5, 5.41) is 0. The molecule has 0 fully saturated rings. The van der Waals surface area contributed by atoms with Gasteiger partial charge in [0.2, 0.25) is 11.6 Å². The highest BCUT2D eigenvalue weighted by Gasteiger charge is 2.31. The van der Waals surface area contributed by atoms with E-state index in [1.807, 2.05) is 0 Å². The number of Topliss-reactive ketones (excluding diaryl/α,β-unsaturated/α-hetero) is 2. The summed E-state index contributed by atoms with van der Waals surface area (Å²) in [4.78, 5) is 34.9. The molecule has 1 aromatic rings. The van der Waals surface area contributed by atoms with Gasteiger partial charge in [0.05, 0.1) is 6.61 Å². The second-order valence-electron chi connectivity index (χ2n) is 3.52. The molecule has 2 rings (SSSR count). The first-order chi connectivity index (χ1) is 8.15. The predicted molar refractivity (Wildman–Crippen MR) is 60.4 cm³/mol. The summed E-state index contributed by atoms with van der Waals surface area (Å²) < 4.78 is 4.73. The molecule has 4 heteroatoms. The van der Waals surface area contributed by atoms with Crippen LogP contribution in [0.5, 0.6) is 0 Å². The highest BCUT2D eigenvalue weighted by Crippen LogP contribution is 2.22. The van der Waals surface area contributed by atoms with Gasteiger partial charge in [-0.05, 0) is 18.6 Å². The zero-order valence-electron chi connectivity index (χ0n) is 9.23. The molecule has 0 spiro atoms. The van der Waals surface area contributed by atoms with Crippen molar-refractivity contribution < 1.29 is 19.1 Å². The molecular weight excluding hydrogens is 220 g/mol. The first-order valence-electron chi connectivity index (χ1n) is 5.22. The molecule has 0 N–H and O–H groups in total. The number of fused-ring (bicyclic) bond motifs is 1. The van der Waals surface area contributed by atoms with Gasteiger partial charge in [-0.2, -0.15) is 0 Å². The van der Waals surface area contributed by atoms with Crippen molar-refractivity contribution >= 4 is 23.6 Å². The van der Waals surface area contributed by atoms with E-state index in [4.69, 9.17) is 4.74 Å². The summed E-state index contributed by atoms with van der Waals surface area (Å²) in [7, 11) is 0. The Kier molecular flexibility index (Phi) is 2.87. The zero-order valence-corrected chi connectivity index (χ0v) is 9.23. The average Bonchev–Trinajstić information content (AvgIpc) is 2.34. The van der Waals surface area contributed by atoms with Gasteiger partial charge in [0.15, 0.2) is 0 Å². The minimum Gasteiger partial charge on any atom is -0.462 e. The van der Waals surface area contributed by atoms with Crippen LogP contribution in [0.4, 0.5) is 0 Å². The molecule has 4 nitrogen and oxygen atoms in total. The quantitative estimate of drug-likeness (QED) is 0.437. The summed E-state index contributed by atoms with van der Waals surface area (Å²) in [6, 6.07) is 6.65. The Morgan fingerprint density at radius 2 is 1.88 bits per heavy atom. The fourth-order valence-corrected chi connectivity index (χ4v) is 1.66. The summed E-state index contributed by atoms with van der Waals surface area (Å²) >= 11 is 0. The van der Waals surface area contributed by atoms with Crippen LogP contribution in [0.2, 0.25) is 0 Å². The molecule has 0 aliphatic heterocycles. The molecule has 1 aliphatic carbocycles. The lowest BCUT2D eigenvalue weighted by atomic mass is 9.90. The number of hydrogen-bond donors (Lipinski definition) is 0. The summed E-state index contributed by atoms with van der Waals surface area (Å²) in [6.45, 7) is 1.81. The highest BCUT2D eigenvalue weighted by molar-refractivity contribution is 6.56. The molecule has 1 aromatic carbocycles. The number of ether oxygens (including phenoxy) is 1. The third kappa shape index (κ3) is 1.89. The first-order valence-corrected chi connectivity index (χ1v) is 5.22. The van der Waals surface area contributed by atoms with Crippen molar-refractivity contribution in [1.29, 1.82) is 0 Å². The van der Waals surface area contributed by atoms with Gasteiger partial charge in [-0.3, -0.25) is 9.59 Å². The van der Waals surface area contributed by atoms with E-state index in [2.05, 4.69) is 0 Å². The second kappa shape index (κ2) is 4.33. The van der Waals surface area contributed by atoms with Gasteiger partial charge in [-0.25, -0.2) is 4.79 Å². The number of hydrogen-bond acceptors (Lipinski definition) is 4. The van der Waals surface area contributed by atoms with E-state index in [1.54, 1.807) is 31.2 Å². The van der Waals surface area contributed by atoms with Crippen LogP contribution in [0, 0.1) is 0 Å². The van der Waals surface area contributed by atoms with Gasteiger partial charge in [0.1, 0.15) is 5.57 Å². The fraction of sp³-hybridized carbons (Fsp3) is 0.154. The Morgan fingerprint density at radius 3 is 2.59 bits per heavy atom. The number of benzene rings is 1. The Labute approximate surface area is 97.9 Å². The molecule has 86 valence electrons. The molecule has 0 unspecified atom stereocenters. The number of carbonyl (C=O) groups is 3. The summed E-state index contributed by atoms with van der Waals surface area (Å²) in [5.41, 5.74) is 0.696. The van der Waals surface area contributed by atoms with Gasteiger partial charge in [0, 0.05) is 5.56 Å². The van der Waals surface area contributed by atoms with E-state index in [-0.39, 0.29) is 12.2 Å². The van der Waals surface area contributed by atoms with Crippen LogP contribution in [0.25, 0.3) is 6.08 Å². The normalized spacial score (nSPS) is 14.1. The topological polar surface area (TPSA) is 60.4 Å². The minimum atomic E-state index is -0.804. The molecule has 0 bridgehead atoms. The van der Waals surface area contributed by atoms with Crippen molar-refractivity contribution in [3.05, 3.63) is 41.0 Å². The standard InChI is InChI=1S/C13H10O4/c1-2-17-13(16)10-7-8-5-3-4-6-9(8)11(14)12(10)15/h3-7H,2H2,1H3. The summed E-state index contributed by atoms with van der Waals surface area (Å²) in [5.74, 6) is -2.21. The van der Waals surface area contributed by atoms with Crippen molar-refractivity contribution in [3.8, 4) is 0 Å². The minimum absolute atomic E-state index is 0.166. The molecule has 1 aliphatic rings. The van der Waals surface area contributed by atoms with Gasteiger partial charge >= 0.3 is 5.97 Å². The zero-order chi connectivity index (χ0) is 12.4. The molecule has 0 saturated carbocycles. The fourth-order valence-electron chi connectivity index (χ4n) is 1.66. The van der Waals surface area contributed by atoms with Gasteiger partial charge in [-0.1, -0.05) is 24.3 Å². The SMILES string of the molecule is CCOC(=O)C1=Cc2ccccc2C(=O)C1=O. The van der Waals surface area contributed by atoms with E-state index in [9.17, 15) is 14.4 Å². The van der Waals surface area contributed by atoms with E-state index < -0.39 is 17.5 Å². The molecule has 0 atom stereocenters. The van der Waals surface area contributed by atoms with E-state index in [0.717, 1.165) is 0 Å². The molecule has 17 heavy (non-hydrogen) atoms. The summed E-state index contributed by atoms with van der Waals surface area (Å²) in [6.07, 6.45) is 1.40. The van der Waals surface area contributed by atoms with E-state index in [1.165, 1.54) is 6.08 Å². The lowest BCUT2D eigenvalue weighted by molar-refractivity contribution is -0.139. The molecular formula is C13H10O4. The Hall–Kier alpha value is -2.23. The first kappa shape index (κ1) is 11.3. The van der Waals surface area contributed by atoms with E-state index in [0.29, 0.717) is 11.1 Å². The predicted octanol–water partition coefficient (Wildman–Crippen LogP) is 1.40. The van der Waals surface area contributed by atoms with Crippen molar-refractivity contribution in [2.24, 2.45) is 0 Å². The Balaban J connectivity index is 2.49. The van der Waals surface area contributed by atoms with Gasteiger partial charge in [-0.15, -0.1) is 0 Å². The largest absolute Gasteiger partial charge is 0.462 e. The van der Waals surface area contributed by atoms with Crippen molar-refractivity contribution in [2.75, 3.05) is 6.61 Å². The molecule has 0 aromatic heterocycles. The number of rotatable bonds is 2. The molecule has 0 heterocycles. The van der Waals surface area contributed by atoms with Crippen LogP contribution >= 0.6 is 0 Å². The van der Waals surface area contributed by atoms with Crippen molar-refractivity contribution in [2.45, 2.75) is 6.92 Å². The van der Waals surface area contributed by atoms with Crippen molar-refractivity contribution in [3.63, 3.8) is 0 Å². The van der Waals surface area contributed by atoms with Crippen LogP contribution in [-0.4, -0.2) is 24.1 Å². The van der Waals surface area contributed by atoms with Gasteiger partial charge in [0.25, 0.3) is 0 Å². The lowest BCUT2D eigenvalue weighted by Gasteiger charge is -2.12. The van der Waals surface area contributed by atoms with Crippen LogP contribution in [0.15, 0.2) is 29.8 Å². The average molecular weight is 230 g/mol. The number of carbonyl (C=O) groups excluding carboxylic acids is 3.